The van der Waals surface area contributed by atoms with Crippen molar-refractivity contribution in [2.75, 3.05) is 61.2 Å². The predicted octanol–water partition coefficient (Wildman–Crippen LogP) is 2.86. The number of rotatable bonds is 3. The number of carbonyl (C=O) groups is 1. The lowest BCUT2D eigenvalue weighted by Gasteiger charge is -2.35. The maximum absolute atomic E-state index is 12.7. The molecule has 1 aromatic carbocycles. The summed E-state index contributed by atoms with van der Waals surface area (Å²) in [5.41, 5.74) is 1.68. The van der Waals surface area contributed by atoms with Gasteiger partial charge in [-0.05, 0) is 38.3 Å². The van der Waals surface area contributed by atoms with Gasteiger partial charge in [-0.2, -0.15) is 4.98 Å². The second kappa shape index (κ2) is 8.49. The van der Waals surface area contributed by atoms with Crippen LogP contribution < -0.4 is 24.6 Å². The van der Waals surface area contributed by atoms with E-state index in [0.29, 0.717) is 43.4 Å². The summed E-state index contributed by atoms with van der Waals surface area (Å²) in [5, 5.41) is 2.95. The van der Waals surface area contributed by atoms with Crippen molar-refractivity contribution >= 4 is 23.5 Å². The van der Waals surface area contributed by atoms with Crippen molar-refractivity contribution in [2.24, 2.45) is 0 Å². The van der Waals surface area contributed by atoms with Gasteiger partial charge in [-0.25, -0.2) is 9.78 Å². The van der Waals surface area contributed by atoms with Gasteiger partial charge in [-0.1, -0.05) is 0 Å². The van der Waals surface area contributed by atoms with E-state index in [9.17, 15) is 4.79 Å². The molecule has 2 amide bonds. The number of fused-ring (bicyclic) bond motifs is 1. The number of nitrogens with zero attached hydrogens (tertiary/aromatic N) is 5. The highest BCUT2D eigenvalue weighted by Gasteiger charge is 2.24. The molecule has 3 aliphatic rings. The molecule has 2 fully saturated rings. The number of piperazine rings is 1. The highest BCUT2D eigenvalue weighted by Crippen LogP contribution is 2.34. The summed E-state index contributed by atoms with van der Waals surface area (Å²) in [5.74, 6) is 3.14. The monoisotopic (exact) mass is 424 g/mol. The number of ether oxygens (including phenoxy) is 2. The van der Waals surface area contributed by atoms with E-state index in [1.807, 2.05) is 24.0 Å². The van der Waals surface area contributed by atoms with Gasteiger partial charge in [0, 0.05) is 62.8 Å². The summed E-state index contributed by atoms with van der Waals surface area (Å²) >= 11 is 0. The van der Waals surface area contributed by atoms with Crippen molar-refractivity contribution in [3.63, 3.8) is 0 Å². The number of aryl methyl sites for hydroxylation is 1. The second-order valence-corrected chi connectivity index (χ2v) is 8.19. The highest BCUT2D eigenvalue weighted by atomic mass is 16.7. The van der Waals surface area contributed by atoms with E-state index in [2.05, 4.69) is 26.2 Å². The van der Waals surface area contributed by atoms with E-state index in [4.69, 9.17) is 14.5 Å². The molecule has 0 unspecified atom stereocenters. The molecule has 9 nitrogen and oxygen atoms in total. The number of amides is 2. The average Bonchev–Trinajstić information content (AvgIpc) is 3.27. The molecule has 31 heavy (non-hydrogen) atoms. The summed E-state index contributed by atoms with van der Waals surface area (Å²) in [7, 11) is 0. The van der Waals surface area contributed by atoms with Crippen LogP contribution in [0.1, 0.15) is 25.0 Å². The van der Waals surface area contributed by atoms with Gasteiger partial charge >= 0.3 is 6.03 Å². The smallest absolute Gasteiger partial charge is 0.321 e. The Balaban J connectivity index is 1.20. The lowest BCUT2D eigenvalue weighted by atomic mass is 10.1. The molecule has 0 aliphatic carbocycles. The Hall–Kier alpha value is -3.23. The molecule has 0 saturated carbocycles. The standard InChI is InChI=1S/C22H28N6O3/c1-16-13-20(26-7-3-2-4-8-26)25-21(23-16)27-9-11-28(12-10-27)22(29)24-17-5-6-18-19(14-17)31-15-30-18/h5-6,13-14H,2-4,7-12,15H2,1H3,(H,24,29). The molecule has 3 aliphatic heterocycles. The van der Waals surface area contributed by atoms with Crippen molar-refractivity contribution in [3.8, 4) is 11.5 Å². The van der Waals surface area contributed by atoms with Gasteiger partial charge in [0.15, 0.2) is 11.5 Å². The molecule has 9 heteroatoms. The maximum atomic E-state index is 12.7. The van der Waals surface area contributed by atoms with E-state index < -0.39 is 0 Å². The van der Waals surface area contributed by atoms with E-state index in [-0.39, 0.29) is 12.8 Å². The van der Waals surface area contributed by atoms with Crippen molar-refractivity contribution in [2.45, 2.75) is 26.2 Å². The first kappa shape index (κ1) is 19.7. The van der Waals surface area contributed by atoms with Gasteiger partial charge in [0.2, 0.25) is 12.7 Å². The quantitative estimate of drug-likeness (QED) is 0.811. The number of urea groups is 1. The Kier molecular flexibility index (Phi) is 5.40. The third-order valence-electron chi connectivity index (χ3n) is 5.98. The molecule has 2 aromatic rings. The van der Waals surface area contributed by atoms with Crippen LogP contribution in [0.5, 0.6) is 11.5 Å². The van der Waals surface area contributed by atoms with Gasteiger partial charge in [0.05, 0.1) is 0 Å². The average molecular weight is 425 g/mol. The van der Waals surface area contributed by atoms with Crippen LogP contribution in [0.4, 0.5) is 22.2 Å². The number of aromatic nitrogens is 2. The molecule has 0 radical (unpaired) electrons. The number of anilines is 3. The topological polar surface area (TPSA) is 83.1 Å². The fourth-order valence-electron chi connectivity index (χ4n) is 4.25. The lowest BCUT2D eigenvalue weighted by Crippen LogP contribution is -2.50. The summed E-state index contributed by atoms with van der Waals surface area (Å²) in [6.07, 6.45) is 3.73. The van der Waals surface area contributed by atoms with Crippen molar-refractivity contribution in [3.05, 3.63) is 30.0 Å². The fourth-order valence-corrected chi connectivity index (χ4v) is 4.25. The first-order valence-electron chi connectivity index (χ1n) is 11.0. The van der Waals surface area contributed by atoms with E-state index in [1.54, 1.807) is 6.07 Å². The minimum atomic E-state index is -0.113. The predicted molar refractivity (Wildman–Crippen MR) is 118 cm³/mol. The number of benzene rings is 1. The van der Waals surface area contributed by atoms with Gasteiger partial charge in [0.1, 0.15) is 5.82 Å². The Morgan fingerprint density at radius 2 is 1.68 bits per heavy atom. The highest BCUT2D eigenvalue weighted by molar-refractivity contribution is 5.90. The number of carbonyl (C=O) groups excluding carboxylic acids is 1. The number of hydrogen-bond acceptors (Lipinski definition) is 7. The number of hydrogen-bond donors (Lipinski definition) is 1. The molecule has 0 atom stereocenters. The maximum Gasteiger partial charge on any atom is 0.321 e. The molecule has 5 rings (SSSR count). The van der Waals surface area contributed by atoms with Crippen LogP contribution in [0, 0.1) is 6.92 Å². The third-order valence-corrected chi connectivity index (χ3v) is 5.98. The number of piperidine rings is 1. The van der Waals surface area contributed by atoms with Crippen molar-refractivity contribution in [1.82, 2.24) is 14.9 Å². The molecule has 1 aromatic heterocycles. The Labute approximate surface area is 182 Å². The van der Waals surface area contributed by atoms with Crippen LogP contribution >= 0.6 is 0 Å². The summed E-state index contributed by atoms with van der Waals surface area (Å²) in [6, 6.07) is 7.39. The Morgan fingerprint density at radius 3 is 2.48 bits per heavy atom. The van der Waals surface area contributed by atoms with E-state index in [1.165, 1.54) is 19.3 Å². The first-order chi connectivity index (χ1) is 15.2. The van der Waals surface area contributed by atoms with E-state index >= 15 is 0 Å². The Bertz CT molecular complexity index is 954. The van der Waals surface area contributed by atoms with Gasteiger partial charge in [-0.15, -0.1) is 0 Å². The lowest BCUT2D eigenvalue weighted by molar-refractivity contribution is 0.174. The molecule has 0 spiro atoms. The zero-order valence-electron chi connectivity index (χ0n) is 17.8. The fraction of sp³-hybridized carbons (Fsp3) is 0.500. The normalized spacial score (nSPS) is 18.3. The van der Waals surface area contributed by atoms with Gasteiger partial charge in [-0.3, -0.25) is 0 Å². The van der Waals surface area contributed by atoms with Crippen LogP contribution in [0.2, 0.25) is 0 Å². The molecule has 0 bridgehead atoms. The molecule has 4 heterocycles. The molecule has 1 N–H and O–H groups in total. The van der Waals surface area contributed by atoms with Crippen LogP contribution in [0.25, 0.3) is 0 Å². The minimum Gasteiger partial charge on any atom is -0.454 e. The largest absolute Gasteiger partial charge is 0.454 e. The Morgan fingerprint density at radius 1 is 0.903 bits per heavy atom. The van der Waals surface area contributed by atoms with Crippen molar-refractivity contribution < 1.29 is 14.3 Å². The zero-order valence-corrected chi connectivity index (χ0v) is 17.8. The summed E-state index contributed by atoms with van der Waals surface area (Å²) < 4.78 is 10.7. The minimum absolute atomic E-state index is 0.113. The summed E-state index contributed by atoms with van der Waals surface area (Å²) in [4.78, 5) is 28.6. The molecular weight excluding hydrogens is 396 g/mol. The second-order valence-electron chi connectivity index (χ2n) is 8.19. The van der Waals surface area contributed by atoms with Crippen LogP contribution in [-0.2, 0) is 0 Å². The molecular formula is C22H28N6O3. The van der Waals surface area contributed by atoms with E-state index in [0.717, 1.165) is 30.5 Å². The van der Waals surface area contributed by atoms with Crippen molar-refractivity contribution in [1.29, 1.82) is 0 Å². The van der Waals surface area contributed by atoms with Gasteiger partial charge < -0.3 is 29.5 Å². The van der Waals surface area contributed by atoms with Crippen LogP contribution in [0.3, 0.4) is 0 Å². The summed E-state index contributed by atoms with van der Waals surface area (Å²) in [6.45, 7) is 7.00. The third kappa shape index (κ3) is 4.30. The van der Waals surface area contributed by atoms with Gasteiger partial charge in [0.25, 0.3) is 0 Å². The van der Waals surface area contributed by atoms with Crippen LogP contribution in [-0.4, -0.2) is 67.0 Å². The molecule has 2 saturated heterocycles. The zero-order chi connectivity index (χ0) is 21.2. The first-order valence-corrected chi connectivity index (χ1v) is 11.0. The van der Waals surface area contributed by atoms with Crippen LogP contribution in [0.15, 0.2) is 24.3 Å². The molecule has 164 valence electrons. The SMILES string of the molecule is Cc1cc(N2CCCCC2)nc(N2CCN(C(=O)Nc3ccc4c(c3)OCO4)CC2)n1. The number of nitrogens with one attached hydrogen (secondary N) is 1.